The van der Waals surface area contributed by atoms with Crippen molar-refractivity contribution in [3.8, 4) is 0 Å². The molecule has 2 nitrogen and oxygen atoms in total. The molecule has 0 aromatic rings. The molecule has 0 aromatic carbocycles. The molecule has 0 bridgehead atoms. The second-order valence-electron chi connectivity index (χ2n) is 2.99. The first-order valence-corrected chi connectivity index (χ1v) is 4.09. The van der Waals surface area contributed by atoms with Gasteiger partial charge < -0.3 is 9.84 Å². The number of ether oxygens (including phenoxy) is 1. The molecule has 0 radical (unpaired) electrons. The van der Waals surface area contributed by atoms with Crippen LogP contribution < -0.4 is 0 Å². The molecular formula is C8H16O2. The molecule has 1 unspecified atom stereocenters. The van der Waals surface area contributed by atoms with Crippen molar-refractivity contribution in [3.05, 3.63) is 0 Å². The van der Waals surface area contributed by atoms with Gasteiger partial charge in [0.15, 0.2) is 0 Å². The third-order valence-electron chi connectivity index (χ3n) is 2.18. The highest BCUT2D eigenvalue weighted by Crippen LogP contribution is 2.19. The van der Waals surface area contributed by atoms with Crippen molar-refractivity contribution in [2.75, 3.05) is 13.2 Å². The van der Waals surface area contributed by atoms with Gasteiger partial charge in [0.2, 0.25) is 0 Å². The summed E-state index contributed by atoms with van der Waals surface area (Å²) < 4.78 is 5.47. The van der Waals surface area contributed by atoms with Gasteiger partial charge in [-0.05, 0) is 19.3 Å². The fourth-order valence-electron chi connectivity index (χ4n) is 1.33. The molecule has 0 spiro atoms. The second-order valence-corrected chi connectivity index (χ2v) is 2.99. The quantitative estimate of drug-likeness (QED) is 0.630. The van der Waals surface area contributed by atoms with Gasteiger partial charge in [0, 0.05) is 12.5 Å². The Morgan fingerprint density at radius 3 is 2.70 bits per heavy atom. The molecule has 1 aliphatic heterocycles. The molecule has 0 saturated carbocycles. The predicted octanol–water partition coefficient (Wildman–Crippen LogP) is 1.18. The molecule has 0 amide bonds. The van der Waals surface area contributed by atoms with E-state index in [9.17, 15) is 0 Å². The fraction of sp³-hybridized carbons (Fsp3) is 1.00. The van der Waals surface area contributed by atoms with E-state index in [0.717, 1.165) is 25.9 Å². The average Bonchev–Trinajstić information content (AvgIpc) is 2.05. The van der Waals surface area contributed by atoms with Gasteiger partial charge >= 0.3 is 0 Å². The zero-order chi connectivity index (χ0) is 7.40. The van der Waals surface area contributed by atoms with Crippen LogP contribution >= 0.6 is 0 Å². The Bertz CT molecular complexity index is 73.3. The third kappa shape index (κ3) is 1.96. The lowest BCUT2D eigenvalue weighted by atomic mass is 9.98. The van der Waals surface area contributed by atoms with Crippen LogP contribution in [0.2, 0.25) is 0 Å². The normalized spacial score (nSPS) is 34.2. The van der Waals surface area contributed by atoms with Gasteiger partial charge in [0.1, 0.15) is 0 Å². The van der Waals surface area contributed by atoms with Gasteiger partial charge in [-0.15, -0.1) is 0 Å². The van der Waals surface area contributed by atoms with Gasteiger partial charge in [-0.2, -0.15) is 0 Å². The summed E-state index contributed by atoms with van der Waals surface area (Å²) in [5.74, 6) is 0.405. The maximum Gasteiger partial charge on any atom is 0.0572 e. The van der Waals surface area contributed by atoms with E-state index in [1.54, 1.807) is 0 Å². The number of hydrogen-bond donors (Lipinski definition) is 1. The highest BCUT2D eigenvalue weighted by Gasteiger charge is 2.18. The van der Waals surface area contributed by atoms with E-state index in [4.69, 9.17) is 9.84 Å². The summed E-state index contributed by atoms with van der Waals surface area (Å²) in [5, 5.41) is 8.77. The highest BCUT2D eigenvalue weighted by atomic mass is 16.5. The molecule has 60 valence electrons. The van der Waals surface area contributed by atoms with Gasteiger partial charge in [-0.25, -0.2) is 0 Å². The molecule has 0 aromatic heterocycles. The molecule has 1 rings (SSSR count). The number of aliphatic hydroxyl groups is 1. The van der Waals surface area contributed by atoms with E-state index in [1.165, 1.54) is 0 Å². The molecule has 2 atom stereocenters. The van der Waals surface area contributed by atoms with E-state index in [2.05, 4.69) is 6.92 Å². The molecule has 0 aliphatic carbocycles. The van der Waals surface area contributed by atoms with Gasteiger partial charge in [0.25, 0.3) is 0 Å². The van der Waals surface area contributed by atoms with Gasteiger partial charge in [-0.1, -0.05) is 6.92 Å². The Kier molecular flexibility index (Phi) is 3.16. The van der Waals surface area contributed by atoms with E-state index in [-0.39, 0.29) is 6.61 Å². The van der Waals surface area contributed by atoms with Gasteiger partial charge in [-0.3, -0.25) is 0 Å². The van der Waals surface area contributed by atoms with Crippen molar-refractivity contribution in [2.45, 2.75) is 32.3 Å². The van der Waals surface area contributed by atoms with Crippen molar-refractivity contribution in [2.24, 2.45) is 5.92 Å². The summed E-state index contributed by atoms with van der Waals surface area (Å²) in [4.78, 5) is 0. The lowest BCUT2D eigenvalue weighted by Crippen LogP contribution is -2.27. The monoisotopic (exact) mass is 144 g/mol. The van der Waals surface area contributed by atoms with E-state index >= 15 is 0 Å². The minimum absolute atomic E-state index is 0.288. The second kappa shape index (κ2) is 3.94. The largest absolute Gasteiger partial charge is 0.396 e. The zero-order valence-corrected chi connectivity index (χ0v) is 6.55. The van der Waals surface area contributed by atoms with Crippen LogP contribution in [0.1, 0.15) is 26.2 Å². The van der Waals surface area contributed by atoms with Crippen molar-refractivity contribution in [1.29, 1.82) is 0 Å². The lowest BCUT2D eigenvalue weighted by Gasteiger charge is -2.26. The third-order valence-corrected chi connectivity index (χ3v) is 2.18. The van der Waals surface area contributed by atoms with Crippen LogP contribution in [0.4, 0.5) is 0 Å². The zero-order valence-electron chi connectivity index (χ0n) is 6.55. The van der Waals surface area contributed by atoms with Gasteiger partial charge in [0.05, 0.1) is 12.7 Å². The van der Waals surface area contributed by atoms with Crippen molar-refractivity contribution < 1.29 is 9.84 Å². The molecule has 1 aliphatic rings. The predicted molar refractivity (Wildman–Crippen MR) is 39.8 cm³/mol. The Morgan fingerprint density at radius 1 is 1.50 bits per heavy atom. The number of rotatable bonds is 2. The summed E-state index contributed by atoms with van der Waals surface area (Å²) in [6.45, 7) is 3.19. The molecule has 1 N–H and O–H groups in total. The van der Waals surface area contributed by atoms with E-state index < -0.39 is 0 Å². The summed E-state index contributed by atoms with van der Waals surface area (Å²) in [6.07, 6.45) is 3.83. The minimum Gasteiger partial charge on any atom is -0.396 e. The van der Waals surface area contributed by atoms with E-state index in [0.29, 0.717) is 12.0 Å². The van der Waals surface area contributed by atoms with Crippen LogP contribution in [0.3, 0.4) is 0 Å². The molecule has 2 heteroatoms. The van der Waals surface area contributed by atoms with Crippen LogP contribution in [0.25, 0.3) is 0 Å². The van der Waals surface area contributed by atoms with Crippen molar-refractivity contribution in [3.63, 3.8) is 0 Å². The Hall–Kier alpha value is -0.0800. The highest BCUT2D eigenvalue weighted by molar-refractivity contribution is 4.68. The molecule has 1 heterocycles. The standard InChI is InChI=1S/C8H16O2/c1-2-8-4-3-7(5-9)6-10-8/h7-9H,2-6H2,1H3/t7?,8-/m1/s1. The molecular weight excluding hydrogens is 128 g/mol. The first-order valence-electron chi connectivity index (χ1n) is 4.09. The van der Waals surface area contributed by atoms with Crippen molar-refractivity contribution in [1.82, 2.24) is 0 Å². The number of hydrogen-bond acceptors (Lipinski definition) is 2. The smallest absolute Gasteiger partial charge is 0.0572 e. The first-order chi connectivity index (χ1) is 4.86. The van der Waals surface area contributed by atoms with Crippen LogP contribution in [0, 0.1) is 5.92 Å². The minimum atomic E-state index is 0.288. The first kappa shape index (κ1) is 8.02. The summed E-state index contributed by atoms with van der Waals surface area (Å²) in [5.41, 5.74) is 0. The van der Waals surface area contributed by atoms with Crippen LogP contribution in [-0.2, 0) is 4.74 Å². The molecule has 10 heavy (non-hydrogen) atoms. The SMILES string of the molecule is CC[C@@H]1CCC(CO)CO1. The summed E-state index contributed by atoms with van der Waals surface area (Å²) >= 11 is 0. The Balaban J connectivity index is 2.17. The topological polar surface area (TPSA) is 29.5 Å². The molecule has 1 saturated heterocycles. The fourth-order valence-corrected chi connectivity index (χ4v) is 1.33. The van der Waals surface area contributed by atoms with Crippen LogP contribution in [-0.4, -0.2) is 24.4 Å². The summed E-state index contributed by atoms with van der Waals surface area (Å²) in [6, 6.07) is 0. The average molecular weight is 144 g/mol. The Labute approximate surface area is 62.2 Å². The number of aliphatic hydroxyl groups excluding tert-OH is 1. The van der Waals surface area contributed by atoms with Crippen LogP contribution in [0.5, 0.6) is 0 Å². The molecule has 1 fully saturated rings. The lowest BCUT2D eigenvalue weighted by molar-refractivity contribution is -0.0309. The van der Waals surface area contributed by atoms with Crippen LogP contribution in [0.15, 0.2) is 0 Å². The Morgan fingerprint density at radius 2 is 2.30 bits per heavy atom. The summed E-state index contributed by atoms with van der Waals surface area (Å²) in [7, 11) is 0. The van der Waals surface area contributed by atoms with Crippen molar-refractivity contribution >= 4 is 0 Å². The van der Waals surface area contributed by atoms with E-state index in [1.807, 2.05) is 0 Å². The maximum absolute atomic E-state index is 8.77. The maximum atomic E-state index is 8.77.